The van der Waals surface area contributed by atoms with Crippen molar-refractivity contribution >= 4 is 15.9 Å². The van der Waals surface area contributed by atoms with Crippen molar-refractivity contribution in [2.24, 2.45) is 5.92 Å². The van der Waals surface area contributed by atoms with Crippen LogP contribution in [0.15, 0.2) is 12.7 Å². The smallest absolute Gasteiger partial charge is 0.224 e. The highest BCUT2D eigenvalue weighted by molar-refractivity contribution is 7.88. The van der Waals surface area contributed by atoms with E-state index < -0.39 is 10.0 Å². The Bertz CT molecular complexity index is 557. The molecule has 0 aromatic carbocycles. The molecular weight excluding hydrogens is 294 g/mol. The van der Waals surface area contributed by atoms with E-state index in [1.807, 2.05) is 4.90 Å². The Kier molecular flexibility index (Phi) is 5.29. The number of hydrogen-bond donors (Lipinski definition) is 1. The topological polar surface area (TPSA) is 97.2 Å². The van der Waals surface area contributed by atoms with Crippen LogP contribution < -0.4 is 4.72 Å². The van der Waals surface area contributed by atoms with Gasteiger partial charge in [-0.3, -0.25) is 9.48 Å². The van der Waals surface area contributed by atoms with Crippen molar-refractivity contribution in [3.8, 4) is 0 Å². The summed E-state index contributed by atoms with van der Waals surface area (Å²) in [5, 5.41) is 3.96. The summed E-state index contributed by atoms with van der Waals surface area (Å²) in [5.41, 5.74) is 0. The molecule has 21 heavy (non-hydrogen) atoms. The van der Waals surface area contributed by atoms with Gasteiger partial charge >= 0.3 is 0 Å². The maximum atomic E-state index is 12.2. The van der Waals surface area contributed by atoms with Crippen molar-refractivity contribution in [3.63, 3.8) is 0 Å². The zero-order valence-electron chi connectivity index (χ0n) is 12.1. The molecule has 1 N–H and O–H groups in total. The van der Waals surface area contributed by atoms with Crippen LogP contribution >= 0.6 is 0 Å². The lowest BCUT2D eigenvalue weighted by atomic mass is 9.98. The van der Waals surface area contributed by atoms with E-state index in [-0.39, 0.29) is 11.8 Å². The second-order valence-corrected chi connectivity index (χ2v) is 7.21. The summed E-state index contributed by atoms with van der Waals surface area (Å²) in [6.45, 7) is 2.26. The Morgan fingerprint density at radius 2 is 2.29 bits per heavy atom. The van der Waals surface area contributed by atoms with Crippen molar-refractivity contribution in [2.75, 3.05) is 25.9 Å². The maximum Gasteiger partial charge on any atom is 0.224 e. The summed E-state index contributed by atoms with van der Waals surface area (Å²) in [5.74, 6) is 0.262. The first-order valence-electron chi connectivity index (χ1n) is 6.99. The number of aryl methyl sites for hydroxylation is 1. The molecule has 1 aromatic rings. The number of aromatic nitrogens is 3. The van der Waals surface area contributed by atoms with E-state index in [0.717, 1.165) is 25.6 Å². The van der Waals surface area contributed by atoms with Crippen molar-refractivity contribution in [1.82, 2.24) is 24.4 Å². The van der Waals surface area contributed by atoms with Crippen molar-refractivity contribution in [2.45, 2.75) is 25.8 Å². The number of piperidine rings is 1. The second kappa shape index (κ2) is 6.99. The van der Waals surface area contributed by atoms with Gasteiger partial charge in [-0.1, -0.05) is 0 Å². The summed E-state index contributed by atoms with van der Waals surface area (Å²) < 4.78 is 26.4. The van der Waals surface area contributed by atoms with Crippen LogP contribution in [0.1, 0.15) is 19.3 Å². The van der Waals surface area contributed by atoms with E-state index in [2.05, 4.69) is 14.8 Å². The zero-order chi connectivity index (χ0) is 15.3. The lowest BCUT2D eigenvalue weighted by Crippen LogP contribution is -2.43. The molecule has 2 heterocycles. The fraction of sp³-hybridized carbons (Fsp3) is 0.750. The van der Waals surface area contributed by atoms with Crippen LogP contribution in [0.2, 0.25) is 0 Å². The van der Waals surface area contributed by atoms with E-state index in [1.54, 1.807) is 11.0 Å². The van der Waals surface area contributed by atoms with E-state index >= 15 is 0 Å². The fourth-order valence-electron chi connectivity index (χ4n) is 2.44. The van der Waals surface area contributed by atoms with Crippen molar-refractivity contribution in [1.29, 1.82) is 0 Å². The molecule has 1 aliphatic rings. The number of likely N-dealkylation sites (tertiary alicyclic amines) is 1. The van der Waals surface area contributed by atoms with Crippen LogP contribution in [0.5, 0.6) is 0 Å². The number of amides is 1. The molecule has 1 amide bonds. The number of carbonyl (C=O) groups excluding carboxylic acids is 1. The molecular formula is C12H21N5O3S. The molecule has 1 unspecified atom stereocenters. The van der Waals surface area contributed by atoms with E-state index in [9.17, 15) is 13.2 Å². The molecule has 1 atom stereocenters. The molecule has 8 nitrogen and oxygen atoms in total. The molecule has 0 spiro atoms. The minimum Gasteiger partial charge on any atom is -0.342 e. The molecule has 2 rings (SSSR count). The number of nitrogens with one attached hydrogen (secondary N) is 1. The SMILES string of the molecule is CS(=O)(=O)NCC1CCCN(C(=O)CCn2cncn2)C1. The average Bonchev–Trinajstić information content (AvgIpc) is 2.95. The van der Waals surface area contributed by atoms with Gasteiger partial charge in [0.05, 0.1) is 12.8 Å². The molecule has 0 radical (unpaired) electrons. The van der Waals surface area contributed by atoms with Crippen LogP contribution in [0.3, 0.4) is 0 Å². The summed E-state index contributed by atoms with van der Waals surface area (Å²) in [7, 11) is -3.17. The van der Waals surface area contributed by atoms with E-state index in [1.165, 1.54) is 6.33 Å². The van der Waals surface area contributed by atoms with Gasteiger partial charge in [0.25, 0.3) is 0 Å². The predicted octanol–water partition coefficient (Wildman–Crippen LogP) is -0.544. The highest BCUT2D eigenvalue weighted by atomic mass is 32.2. The van der Waals surface area contributed by atoms with E-state index in [4.69, 9.17) is 0 Å². The van der Waals surface area contributed by atoms with Crippen LogP contribution in [0, 0.1) is 5.92 Å². The summed E-state index contributed by atoms with van der Waals surface area (Å²) in [6.07, 6.45) is 6.41. The molecule has 118 valence electrons. The number of hydrogen-bond acceptors (Lipinski definition) is 5. The van der Waals surface area contributed by atoms with Gasteiger partial charge in [-0.05, 0) is 18.8 Å². The summed E-state index contributed by atoms with van der Waals surface area (Å²) in [6, 6.07) is 0. The second-order valence-electron chi connectivity index (χ2n) is 5.38. The highest BCUT2D eigenvalue weighted by Gasteiger charge is 2.24. The third-order valence-corrected chi connectivity index (χ3v) is 4.22. The first kappa shape index (κ1) is 15.9. The van der Waals surface area contributed by atoms with Crippen molar-refractivity contribution < 1.29 is 13.2 Å². The Hall–Kier alpha value is -1.48. The normalized spacial score (nSPS) is 19.7. The van der Waals surface area contributed by atoms with Gasteiger partial charge in [-0.25, -0.2) is 18.1 Å². The van der Waals surface area contributed by atoms with E-state index in [0.29, 0.717) is 26.1 Å². The third kappa shape index (κ3) is 5.43. The lowest BCUT2D eigenvalue weighted by Gasteiger charge is -2.32. The predicted molar refractivity (Wildman–Crippen MR) is 76.8 cm³/mol. The van der Waals surface area contributed by atoms with Gasteiger partial charge in [0.1, 0.15) is 12.7 Å². The minimum absolute atomic E-state index is 0.0783. The molecule has 1 aromatic heterocycles. The van der Waals surface area contributed by atoms with Gasteiger partial charge in [-0.15, -0.1) is 0 Å². The highest BCUT2D eigenvalue weighted by Crippen LogP contribution is 2.16. The molecule has 1 saturated heterocycles. The standard InChI is InChI=1S/C12H21N5O3S/c1-21(19,20)15-7-11-3-2-5-16(8-11)12(18)4-6-17-10-13-9-14-17/h9-11,15H,2-8H2,1H3. The van der Waals surface area contributed by atoms with Gasteiger partial charge in [0.2, 0.25) is 15.9 Å². The Balaban J connectivity index is 1.78. The van der Waals surface area contributed by atoms with Gasteiger partial charge in [-0.2, -0.15) is 5.10 Å². The zero-order valence-corrected chi connectivity index (χ0v) is 12.9. The van der Waals surface area contributed by atoms with Crippen molar-refractivity contribution in [3.05, 3.63) is 12.7 Å². The third-order valence-electron chi connectivity index (χ3n) is 3.53. The Morgan fingerprint density at radius 3 is 2.95 bits per heavy atom. The fourth-order valence-corrected chi connectivity index (χ4v) is 2.98. The largest absolute Gasteiger partial charge is 0.342 e. The van der Waals surface area contributed by atoms with Crippen LogP contribution in [-0.4, -0.2) is 59.9 Å². The van der Waals surface area contributed by atoms with Crippen LogP contribution in [0.4, 0.5) is 0 Å². The van der Waals surface area contributed by atoms with Crippen LogP contribution in [-0.2, 0) is 21.4 Å². The quantitative estimate of drug-likeness (QED) is 0.760. The first-order valence-corrected chi connectivity index (χ1v) is 8.88. The molecule has 9 heteroatoms. The van der Waals surface area contributed by atoms with Gasteiger partial charge < -0.3 is 4.90 Å². The Labute approximate surface area is 124 Å². The minimum atomic E-state index is -3.17. The van der Waals surface area contributed by atoms with Crippen LogP contribution in [0.25, 0.3) is 0 Å². The molecule has 1 aliphatic heterocycles. The number of sulfonamides is 1. The lowest BCUT2D eigenvalue weighted by molar-refractivity contribution is -0.133. The summed E-state index contributed by atoms with van der Waals surface area (Å²) >= 11 is 0. The number of rotatable bonds is 6. The average molecular weight is 315 g/mol. The van der Waals surface area contributed by atoms with Gasteiger partial charge in [0.15, 0.2) is 0 Å². The van der Waals surface area contributed by atoms with Gasteiger partial charge in [0, 0.05) is 26.1 Å². The summed E-state index contributed by atoms with van der Waals surface area (Å²) in [4.78, 5) is 17.8. The molecule has 1 fully saturated rings. The molecule has 0 bridgehead atoms. The monoisotopic (exact) mass is 315 g/mol. The number of nitrogens with zero attached hydrogens (tertiary/aromatic N) is 4. The number of carbonyl (C=O) groups is 1. The molecule has 0 saturated carbocycles. The molecule has 0 aliphatic carbocycles. The Morgan fingerprint density at radius 1 is 1.48 bits per heavy atom. The maximum absolute atomic E-state index is 12.2. The first-order chi connectivity index (χ1) is 9.94.